The number of carbonyl (C=O) groups excluding carboxylic acids is 1. The molecular formula is C14H25N5O. The fourth-order valence-corrected chi connectivity index (χ4v) is 2.01. The average Bonchev–Trinajstić information content (AvgIpc) is 2.43. The van der Waals surface area contributed by atoms with Crippen molar-refractivity contribution in [2.24, 2.45) is 5.41 Å². The lowest BCUT2D eigenvalue weighted by atomic mass is 9.92. The van der Waals surface area contributed by atoms with Crippen molar-refractivity contribution in [1.82, 2.24) is 15.3 Å². The van der Waals surface area contributed by atoms with Crippen molar-refractivity contribution >= 4 is 17.5 Å². The normalized spacial score (nSPS) is 11.3. The lowest BCUT2D eigenvalue weighted by molar-refractivity contribution is -0.128. The maximum Gasteiger partial charge on any atom is 0.227 e. The molecule has 0 radical (unpaired) electrons. The van der Waals surface area contributed by atoms with E-state index in [1.165, 1.54) is 6.33 Å². The van der Waals surface area contributed by atoms with Crippen LogP contribution in [-0.4, -0.2) is 36.5 Å². The van der Waals surface area contributed by atoms with Crippen LogP contribution in [0.2, 0.25) is 0 Å². The highest BCUT2D eigenvalue weighted by atomic mass is 16.2. The molecule has 1 heterocycles. The number of rotatable bonds is 6. The third-order valence-electron chi connectivity index (χ3n) is 3.24. The smallest absolute Gasteiger partial charge is 0.227 e. The van der Waals surface area contributed by atoms with Crippen molar-refractivity contribution in [1.29, 1.82) is 0 Å². The second-order valence-electron chi connectivity index (χ2n) is 5.71. The summed E-state index contributed by atoms with van der Waals surface area (Å²) in [4.78, 5) is 20.3. The number of nitrogens with one attached hydrogen (secondary N) is 3. The Morgan fingerprint density at radius 2 is 1.85 bits per heavy atom. The van der Waals surface area contributed by atoms with Crippen LogP contribution in [0.1, 0.15) is 39.2 Å². The highest BCUT2D eigenvalue weighted by Gasteiger charge is 2.27. The summed E-state index contributed by atoms with van der Waals surface area (Å²) in [6.45, 7) is 8.48. The number of carbonyl (C=O) groups is 1. The van der Waals surface area contributed by atoms with Gasteiger partial charge < -0.3 is 16.0 Å². The SMILES string of the molecule is CNC(=O)C(C)(C)CNc1ncnc(NC)c1C(C)C. The molecule has 0 atom stereocenters. The fraction of sp³-hybridized carbons (Fsp3) is 0.643. The maximum atomic E-state index is 11.8. The third kappa shape index (κ3) is 3.59. The molecule has 0 fully saturated rings. The molecule has 0 unspecified atom stereocenters. The van der Waals surface area contributed by atoms with Gasteiger partial charge in [0.05, 0.1) is 5.41 Å². The van der Waals surface area contributed by atoms with E-state index < -0.39 is 5.41 Å². The molecule has 6 nitrogen and oxygen atoms in total. The zero-order valence-electron chi connectivity index (χ0n) is 13.2. The Morgan fingerprint density at radius 3 is 2.35 bits per heavy atom. The van der Waals surface area contributed by atoms with Crippen LogP contribution in [0.5, 0.6) is 0 Å². The number of aromatic nitrogens is 2. The van der Waals surface area contributed by atoms with Crippen molar-refractivity contribution in [3.63, 3.8) is 0 Å². The topological polar surface area (TPSA) is 78.9 Å². The first-order valence-corrected chi connectivity index (χ1v) is 6.82. The zero-order valence-corrected chi connectivity index (χ0v) is 13.2. The fourth-order valence-electron chi connectivity index (χ4n) is 2.01. The monoisotopic (exact) mass is 279 g/mol. The Labute approximate surface area is 120 Å². The molecule has 1 rings (SSSR count). The number of anilines is 2. The Bertz CT molecular complexity index is 471. The van der Waals surface area contributed by atoms with Gasteiger partial charge in [-0.1, -0.05) is 13.8 Å². The molecule has 1 aromatic rings. The van der Waals surface area contributed by atoms with E-state index in [4.69, 9.17) is 0 Å². The minimum atomic E-state index is -0.506. The average molecular weight is 279 g/mol. The van der Waals surface area contributed by atoms with E-state index in [0.29, 0.717) is 6.54 Å². The predicted octanol–water partition coefficient (Wildman–Crippen LogP) is 1.83. The Hall–Kier alpha value is -1.85. The van der Waals surface area contributed by atoms with E-state index in [0.717, 1.165) is 17.2 Å². The summed E-state index contributed by atoms with van der Waals surface area (Å²) in [5, 5.41) is 9.03. The molecule has 0 aliphatic carbocycles. The van der Waals surface area contributed by atoms with Crippen molar-refractivity contribution in [3.8, 4) is 0 Å². The first kappa shape index (κ1) is 16.2. The molecule has 3 N–H and O–H groups in total. The van der Waals surface area contributed by atoms with Crippen molar-refractivity contribution in [2.45, 2.75) is 33.6 Å². The lowest BCUT2D eigenvalue weighted by Crippen LogP contribution is -2.39. The molecule has 1 amide bonds. The molecule has 0 aliphatic heterocycles. The van der Waals surface area contributed by atoms with E-state index in [9.17, 15) is 4.79 Å². The Balaban J connectivity index is 2.96. The van der Waals surface area contributed by atoms with Gasteiger partial charge in [-0.05, 0) is 19.8 Å². The molecule has 6 heteroatoms. The largest absolute Gasteiger partial charge is 0.373 e. The van der Waals surface area contributed by atoms with Crippen LogP contribution in [0.3, 0.4) is 0 Å². The van der Waals surface area contributed by atoms with Gasteiger partial charge in [0.2, 0.25) is 5.91 Å². The second-order valence-corrected chi connectivity index (χ2v) is 5.71. The molecule has 0 aromatic carbocycles. The number of hydrogen-bond acceptors (Lipinski definition) is 5. The van der Waals surface area contributed by atoms with Crippen LogP contribution in [0.4, 0.5) is 11.6 Å². The minimum Gasteiger partial charge on any atom is -0.373 e. The second kappa shape index (κ2) is 6.54. The quantitative estimate of drug-likeness (QED) is 0.740. The summed E-state index contributed by atoms with van der Waals surface area (Å²) in [5.41, 5.74) is 0.524. The summed E-state index contributed by atoms with van der Waals surface area (Å²) >= 11 is 0. The van der Waals surface area contributed by atoms with Gasteiger partial charge in [-0.3, -0.25) is 4.79 Å². The van der Waals surface area contributed by atoms with Gasteiger partial charge in [-0.15, -0.1) is 0 Å². The maximum absolute atomic E-state index is 11.8. The number of hydrogen-bond donors (Lipinski definition) is 3. The third-order valence-corrected chi connectivity index (χ3v) is 3.24. The Morgan fingerprint density at radius 1 is 1.25 bits per heavy atom. The molecule has 20 heavy (non-hydrogen) atoms. The summed E-state index contributed by atoms with van der Waals surface area (Å²) < 4.78 is 0. The van der Waals surface area contributed by atoms with Gasteiger partial charge in [-0.2, -0.15) is 0 Å². The van der Waals surface area contributed by atoms with Gasteiger partial charge in [0.1, 0.15) is 18.0 Å². The van der Waals surface area contributed by atoms with Crippen LogP contribution in [-0.2, 0) is 4.79 Å². The van der Waals surface area contributed by atoms with E-state index >= 15 is 0 Å². The van der Waals surface area contributed by atoms with Gasteiger partial charge in [0, 0.05) is 26.2 Å². The van der Waals surface area contributed by atoms with Crippen LogP contribution < -0.4 is 16.0 Å². The zero-order chi connectivity index (χ0) is 15.3. The first-order valence-electron chi connectivity index (χ1n) is 6.82. The first-order chi connectivity index (χ1) is 9.33. The molecule has 112 valence electrons. The molecule has 0 saturated heterocycles. The van der Waals surface area contributed by atoms with Crippen LogP contribution in [0.15, 0.2) is 6.33 Å². The summed E-state index contributed by atoms with van der Waals surface area (Å²) in [7, 11) is 3.49. The highest BCUT2D eigenvalue weighted by molar-refractivity contribution is 5.82. The van der Waals surface area contributed by atoms with E-state index in [1.54, 1.807) is 7.05 Å². The van der Waals surface area contributed by atoms with Gasteiger partial charge in [0.25, 0.3) is 0 Å². The van der Waals surface area contributed by atoms with Crippen LogP contribution >= 0.6 is 0 Å². The lowest BCUT2D eigenvalue weighted by Gasteiger charge is -2.24. The van der Waals surface area contributed by atoms with Crippen LogP contribution in [0, 0.1) is 5.41 Å². The van der Waals surface area contributed by atoms with E-state index in [1.807, 2.05) is 20.9 Å². The van der Waals surface area contributed by atoms with E-state index in [-0.39, 0.29) is 11.8 Å². The number of amides is 1. The Kier molecular flexibility index (Phi) is 5.30. The summed E-state index contributed by atoms with van der Waals surface area (Å²) in [6.07, 6.45) is 1.52. The standard InChI is InChI=1S/C14H25N5O/c1-9(2)10-11(15-5)18-8-19-12(10)17-7-14(3,4)13(20)16-6/h8-9H,7H2,1-6H3,(H,16,20)(H2,15,17,18,19). The van der Waals surface area contributed by atoms with Crippen LogP contribution in [0.25, 0.3) is 0 Å². The molecule has 0 spiro atoms. The van der Waals surface area contributed by atoms with Gasteiger partial charge in [0.15, 0.2) is 0 Å². The molecular weight excluding hydrogens is 254 g/mol. The van der Waals surface area contributed by atoms with Crippen molar-refractivity contribution in [2.75, 3.05) is 31.3 Å². The molecule has 0 saturated carbocycles. The van der Waals surface area contributed by atoms with Gasteiger partial charge in [-0.25, -0.2) is 9.97 Å². The molecule has 1 aromatic heterocycles. The predicted molar refractivity (Wildman–Crippen MR) is 82.0 cm³/mol. The summed E-state index contributed by atoms with van der Waals surface area (Å²) in [5.74, 6) is 1.87. The van der Waals surface area contributed by atoms with Crippen molar-refractivity contribution in [3.05, 3.63) is 11.9 Å². The minimum absolute atomic E-state index is 0.000932. The number of nitrogens with zero attached hydrogens (tertiary/aromatic N) is 2. The highest BCUT2D eigenvalue weighted by Crippen LogP contribution is 2.28. The molecule has 0 aliphatic rings. The van der Waals surface area contributed by atoms with Gasteiger partial charge >= 0.3 is 0 Å². The summed E-state index contributed by atoms with van der Waals surface area (Å²) in [6, 6.07) is 0. The molecule has 0 bridgehead atoms. The van der Waals surface area contributed by atoms with E-state index in [2.05, 4.69) is 39.8 Å². The van der Waals surface area contributed by atoms with Crippen molar-refractivity contribution < 1.29 is 4.79 Å².